The van der Waals surface area contributed by atoms with Crippen LogP contribution in [-0.2, 0) is 4.79 Å². The third kappa shape index (κ3) is 3.69. The number of thiazole rings is 1. The molecule has 2 aromatic rings. The van der Waals surface area contributed by atoms with Crippen molar-refractivity contribution in [3.8, 4) is 5.75 Å². The van der Waals surface area contributed by atoms with Gasteiger partial charge in [0.1, 0.15) is 5.75 Å². The smallest absolute Gasteiger partial charge is 0.229 e. The molecule has 0 bridgehead atoms. The molecule has 2 atom stereocenters. The molecule has 3 N–H and O–H groups in total. The normalized spacial score (nSPS) is 20.6. The lowest BCUT2D eigenvalue weighted by Gasteiger charge is -2.07. The minimum atomic E-state index is 0. The molecule has 1 aliphatic carbocycles. The second-order valence-corrected chi connectivity index (χ2v) is 6.37. The van der Waals surface area contributed by atoms with E-state index in [1.807, 2.05) is 25.1 Å². The van der Waals surface area contributed by atoms with Crippen LogP contribution in [0.4, 0.5) is 5.13 Å². The Labute approximate surface area is 139 Å². The van der Waals surface area contributed by atoms with E-state index < -0.39 is 0 Å². The SMILES string of the molecule is CCOc1ccc2nc(NC(=O)C3CCC(N)C3)sc2c1.Cl. The van der Waals surface area contributed by atoms with Gasteiger partial charge in [0.15, 0.2) is 5.13 Å². The number of halogens is 1. The lowest BCUT2D eigenvalue weighted by Crippen LogP contribution is -2.23. The number of carbonyl (C=O) groups excluding carboxylic acids is 1. The summed E-state index contributed by atoms with van der Waals surface area (Å²) in [7, 11) is 0. The highest BCUT2D eigenvalue weighted by Gasteiger charge is 2.28. The Morgan fingerprint density at radius 1 is 1.50 bits per heavy atom. The number of fused-ring (bicyclic) bond motifs is 1. The van der Waals surface area contributed by atoms with Gasteiger partial charge >= 0.3 is 0 Å². The van der Waals surface area contributed by atoms with Gasteiger partial charge < -0.3 is 15.8 Å². The summed E-state index contributed by atoms with van der Waals surface area (Å²) in [6.45, 7) is 2.59. The summed E-state index contributed by atoms with van der Waals surface area (Å²) in [4.78, 5) is 16.6. The van der Waals surface area contributed by atoms with E-state index in [2.05, 4.69) is 10.3 Å². The molecular weight excluding hydrogens is 322 g/mol. The molecule has 1 aromatic heterocycles. The van der Waals surface area contributed by atoms with E-state index in [9.17, 15) is 4.79 Å². The number of anilines is 1. The molecule has 22 heavy (non-hydrogen) atoms. The van der Waals surface area contributed by atoms with Crippen molar-refractivity contribution in [2.24, 2.45) is 11.7 Å². The van der Waals surface area contributed by atoms with Gasteiger partial charge in [0, 0.05) is 12.0 Å². The van der Waals surface area contributed by atoms with Crippen LogP contribution < -0.4 is 15.8 Å². The van der Waals surface area contributed by atoms with Crippen molar-refractivity contribution in [3.05, 3.63) is 18.2 Å². The predicted molar refractivity (Wildman–Crippen MR) is 92.0 cm³/mol. The molecule has 0 spiro atoms. The van der Waals surface area contributed by atoms with Gasteiger partial charge in [-0.25, -0.2) is 4.98 Å². The minimum Gasteiger partial charge on any atom is -0.494 e. The number of benzene rings is 1. The topological polar surface area (TPSA) is 77.2 Å². The molecule has 0 aliphatic heterocycles. The monoisotopic (exact) mass is 341 g/mol. The van der Waals surface area contributed by atoms with Crippen molar-refractivity contribution >= 4 is 45.0 Å². The predicted octanol–water partition coefficient (Wildman–Crippen LogP) is 3.18. The molecule has 1 aromatic carbocycles. The lowest BCUT2D eigenvalue weighted by atomic mass is 10.1. The van der Waals surface area contributed by atoms with Crippen LogP contribution in [0.2, 0.25) is 0 Å². The molecule has 5 nitrogen and oxygen atoms in total. The van der Waals surface area contributed by atoms with E-state index >= 15 is 0 Å². The summed E-state index contributed by atoms with van der Waals surface area (Å²) in [6.07, 6.45) is 2.56. The van der Waals surface area contributed by atoms with Crippen molar-refractivity contribution in [2.75, 3.05) is 11.9 Å². The summed E-state index contributed by atoms with van der Waals surface area (Å²) < 4.78 is 6.49. The summed E-state index contributed by atoms with van der Waals surface area (Å²) in [5.41, 5.74) is 6.73. The summed E-state index contributed by atoms with van der Waals surface area (Å²) >= 11 is 1.47. The second-order valence-electron chi connectivity index (χ2n) is 5.34. The summed E-state index contributed by atoms with van der Waals surface area (Å²) in [6, 6.07) is 5.92. The van der Waals surface area contributed by atoms with E-state index in [1.54, 1.807) is 0 Å². The summed E-state index contributed by atoms with van der Waals surface area (Å²) in [5, 5.41) is 3.56. The van der Waals surface area contributed by atoms with Crippen LogP contribution in [0.15, 0.2) is 18.2 Å². The molecule has 0 radical (unpaired) electrons. The fourth-order valence-electron chi connectivity index (χ4n) is 2.68. The van der Waals surface area contributed by atoms with Crippen LogP contribution >= 0.6 is 23.7 Å². The molecule has 1 aliphatic rings. The number of aromatic nitrogens is 1. The highest BCUT2D eigenvalue weighted by Crippen LogP contribution is 2.31. The third-order valence-corrected chi connectivity index (χ3v) is 4.68. The first kappa shape index (κ1) is 17.0. The first-order chi connectivity index (χ1) is 10.2. The van der Waals surface area contributed by atoms with Gasteiger partial charge in [-0.1, -0.05) is 11.3 Å². The average molecular weight is 342 g/mol. The molecule has 2 unspecified atom stereocenters. The highest BCUT2D eigenvalue weighted by atomic mass is 35.5. The fraction of sp³-hybridized carbons (Fsp3) is 0.467. The average Bonchev–Trinajstić information content (AvgIpc) is 3.04. The number of nitrogens with zero attached hydrogens (tertiary/aromatic N) is 1. The van der Waals surface area contributed by atoms with Gasteiger partial charge in [-0.3, -0.25) is 4.79 Å². The lowest BCUT2D eigenvalue weighted by molar-refractivity contribution is -0.119. The Kier molecular flexibility index (Phi) is 5.61. The van der Waals surface area contributed by atoms with Crippen molar-refractivity contribution in [3.63, 3.8) is 0 Å². The van der Waals surface area contributed by atoms with Crippen molar-refractivity contribution in [1.82, 2.24) is 4.98 Å². The first-order valence-electron chi connectivity index (χ1n) is 7.25. The highest BCUT2D eigenvalue weighted by molar-refractivity contribution is 7.22. The number of hydrogen-bond donors (Lipinski definition) is 2. The van der Waals surface area contributed by atoms with Crippen LogP contribution in [0.5, 0.6) is 5.75 Å². The van der Waals surface area contributed by atoms with Crippen molar-refractivity contribution < 1.29 is 9.53 Å². The van der Waals surface area contributed by atoms with E-state index in [4.69, 9.17) is 10.5 Å². The molecule has 0 saturated heterocycles. The second kappa shape index (κ2) is 7.26. The standard InChI is InChI=1S/C15H19N3O2S.ClH/c1-2-20-11-5-6-12-13(8-11)21-15(17-12)18-14(19)9-3-4-10(16)7-9;/h5-6,8-10H,2-4,7,16H2,1H3,(H,17,18,19);1H. The maximum absolute atomic E-state index is 12.2. The van der Waals surface area contributed by atoms with Gasteiger partial charge in [-0.05, 0) is 44.4 Å². The van der Waals surface area contributed by atoms with Gasteiger partial charge in [-0.15, -0.1) is 12.4 Å². The third-order valence-electron chi connectivity index (χ3n) is 3.75. The molecular formula is C15H20ClN3O2S. The molecule has 1 saturated carbocycles. The molecule has 1 amide bonds. The van der Waals surface area contributed by atoms with E-state index in [0.717, 1.165) is 35.2 Å². The number of nitrogens with one attached hydrogen (secondary N) is 1. The van der Waals surface area contributed by atoms with Crippen LogP contribution in [0.1, 0.15) is 26.2 Å². The number of rotatable bonds is 4. The number of amides is 1. The van der Waals surface area contributed by atoms with E-state index in [0.29, 0.717) is 11.7 Å². The van der Waals surface area contributed by atoms with Crippen LogP contribution in [-0.4, -0.2) is 23.5 Å². The zero-order valence-electron chi connectivity index (χ0n) is 12.4. The zero-order valence-corrected chi connectivity index (χ0v) is 14.0. The Morgan fingerprint density at radius 3 is 3.00 bits per heavy atom. The first-order valence-corrected chi connectivity index (χ1v) is 8.07. The van der Waals surface area contributed by atoms with Crippen LogP contribution in [0.3, 0.4) is 0 Å². The maximum Gasteiger partial charge on any atom is 0.229 e. The van der Waals surface area contributed by atoms with E-state index in [1.165, 1.54) is 11.3 Å². The molecule has 120 valence electrons. The number of hydrogen-bond acceptors (Lipinski definition) is 5. The van der Waals surface area contributed by atoms with Crippen LogP contribution in [0, 0.1) is 5.92 Å². The molecule has 1 fully saturated rings. The quantitative estimate of drug-likeness (QED) is 0.895. The Morgan fingerprint density at radius 2 is 2.32 bits per heavy atom. The van der Waals surface area contributed by atoms with Gasteiger partial charge in [0.25, 0.3) is 0 Å². The fourth-order valence-corrected chi connectivity index (χ4v) is 3.57. The zero-order chi connectivity index (χ0) is 14.8. The molecule has 7 heteroatoms. The number of nitrogens with two attached hydrogens (primary N) is 1. The Balaban J connectivity index is 0.00000176. The Bertz CT molecular complexity index is 661. The largest absolute Gasteiger partial charge is 0.494 e. The minimum absolute atomic E-state index is 0. The molecule has 1 heterocycles. The Hall–Kier alpha value is -1.37. The molecule has 3 rings (SSSR count). The van der Waals surface area contributed by atoms with Crippen molar-refractivity contribution in [1.29, 1.82) is 0 Å². The maximum atomic E-state index is 12.2. The van der Waals surface area contributed by atoms with Gasteiger partial charge in [0.2, 0.25) is 5.91 Å². The number of ether oxygens (including phenoxy) is 1. The van der Waals surface area contributed by atoms with E-state index in [-0.39, 0.29) is 30.3 Å². The number of carbonyl (C=O) groups is 1. The van der Waals surface area contributed by atoms with Gasteiger partial charge in [0.05, 0.1) is 16.8 Å². The van der Waals surface area contributed by atoms with Crippen LogP contribution in [0.25, 0.3) is 10.2 Å². The van der Waals surface area contributed by atoms with Gasteiger partial charge in [-0.2, -0.15) is 0 Å². The van der Waals surface area contributed by atoms with Crippen molar-refractivity contribution in [2.45, 2.75) is 32.2 Å². The summed E-state index contributed by atoms with van der Waals surface area (Å²) in [5.74, 6) is 0.881.